The van der Waals surface area contributed by atoms with Gasteiger partial charge in [0.1, 0.15) is 0 Å². The molecule has 0 aliphatic carbocycles. The molecule has 0 saturated heterocycles. The maximum Gasteiger partial charge on any atom is 0.191 e. The molecule has 0 bridgehead atoms. The fourth-order valence-electron chi connectivity index (χ4n) is 2.44. The summed E-state index contributed by atoms with van der Waals surface area (Å²) in [6.07, 6.45) is 0.914. The number of nitrogens with zero attached hydrogens (tertiary/aromatic N) is 2. The molecule has 2 aromatic carbocycles. The minimum atomic E-state index is 0.644. The van der Waals surface area contributed by atoms with Crippen molar-refractivity contribution in [2.75, 3.05) is 19.6 Å². The summed E-state index contributed by atoms with van der Waals surface area (Å²) in [6.45, 7) is 6.71. The topological polar surface area (TPSA) is 41.6 Å². The number of hydrogen-bond donors (Lipinski definition) is 1. The van der Waals surface area contributed by atoms with Crippen LogP contribution >= 0.6 is 0 Å². The second-order valence-electron chi connectivity index (χ2n) is 5.23. The van der Waals surface area contributed by atoms with Gasteiger partial charge in [0.15, 0.2) is 5.96 Å². The lowest BCUT2D eigenvalue weighted by Crippen LogP contribution is -2.37. The van der Waals surface area contributed by atoms with E-state index in [0.29, 0.717) is 5.96 Å². The average Bonchev–Trinajstić information content (AvgIpc) is 2.57. The van der Waals surface area contributed by atoms with Crippen molar-refractivity contribution in [3.8, 4) is 11.1 Å². The molecule has 0 unspecified atom stereocenters. The minimum absolute atomic E-state index is 0.644. The predicted octanol–water partition coefficient (Wildman–Crippen LogP) is 3.55. The summed E-state index contributed by atoms with van der Waals surface area (Å²) in [5.41, 5.74) is 9.76. The molecule has 2 N–H and O–H groups in total. The fourth-order valence-corrected chi connectivity index (χ4v) is 2.44. The van der Waals surface area contributed by atoms with Crippen LogP contribution in [0.1, 0.15) is 19.4 Å². The summed E-state index contributed by atoms with van der Waals surface area (Å²) in [4.78, 5) is 6.53. The Morgan fingerprint density at radius 2 is 1.50 bits per heavy atom. The van der Waals surface area contributed by atoms with E-state index < -0.39 is 0 Å². The van der Waals surface area contributed by atoms with Crippen LogP contribution in [-0.2, 0) is 6.42 Å². The van der Waals surface area contributed by atoms with Crippen LogP contribution in [0.15, 0.2) is 59.6 Å². The molecule has 0 fully saturated rings. The zero-order valence-electron chi connectivity index (χ0n) is 13.5. The first-order valence-electron chi connectivity index (χ1n) is 7.93. The second kappa shape index (κ2) is 8.23. The maximum atomic E-state index is 5.98. The standard InChI is InChI=1S/C19H25N3/c1-3-22(4-2)19(20)21-15-14-16-10-12-18(13-11-16)17-8-6-5-7-9-17/h5-13H,3-4,14-15H2,1-2H3,(H2,20,21). The van der Waals surface area contributed by atoms with Crippen molar-refractivity contribution in [2.45, 2.75) is 20.3 Å². The van der Waals surface area contributed by atoms with Crippen LogP contribution < -0.4 is 5.73 Å². The zero-order chi connectivity index (χ0) is 15.8. The van der Waals surface area contributed by atoms with Gasteiger partial charge >= 0.3 is 0 Å². The molecule has 0 atom stereocenters. The molecule has 22 heavy (non-hydrogen) atoms. The lowest BCUT2D eigenvalue weighted by molar-refractivity contribution is 0.458. The highest BCUT2D eigenvalue weighted by Gasteiger charge is 2.01. The number of hydrogen-bond acceptors (Lipinski definition) is 1. The van der Waals surface area contributed by atoms with Gasteiger partial charge < -0.3 is 10.6 Å². The molecule has 0 heterocycles. The van der Waals surface area contributed by atoms with E-state index in [4.69, 9.17) is 5.73 Å². The van der Waals surface area contributed by atoms with Gasteiger partial charge in [0.05, 0.1) is 0 Å². The summed E-state index contributed by atoms with van der Waals surface area (Å²) in [5, 5.41) is 0. The van der Waals surface area contributed by atoms with E-state index >= 15 is 0 Å². The number of benzene rings is 2. The summed E-state index contributed by atoms with van der Waals surface area (Å²) in [5.74, 6) is 0.644. The van der Waals surface area contributed by atoms with Crippen LogP contribution in [0, 0.1) is 0 Å². The molecule has 0 aliphatic heterocycles. The summed E-state index contributed by atoms with van der Waals surface area (Å²) < 4.78 is 0. The molecule has 3 heteroatoms. The summed E-state index contributed by atoms with van der Waals surface area (Å²) in [6, 6.07) is 19.1. The molecule has 0 aliphatic rings. The normalized spacial score (nSPS) is 11.5. The summed E-state index contributed by atoms with van der Waals surface area (Å²) in [7, 11) is 0. The Kier molecular flexibility index (Phi) is 6.01. The molecule has 0 spiro atoms. The smallest absolute Gasteiger partial charge is 0.191 e. The van der Waals surface area contributed by atoms with Gasteiger partial charge in [0.25, 0.3) is 0 Å². The Balaban J connectivity index is 1.93. The quantitative estimate of drug-likeness (QED) is 0.654. The van der Waals surface area contributed by atoms with Crippen molar-refractivity contribution in [1.29, 1.82) is 0 Å². The molecule has 116 valence electrons. The van der Waals surface area contributed by atoms with E-state index in [0.717, 1.165) is 26.1 Å². The average molecular weight is 295 g/mol. The largest absolute Gasteiger partial charge is 0.370 e. The van der Waals surface area contributed by atoms with Gasteiger partial charge in [-0.05, 0) is 37.0 Å². The highest BCUT2D eigenvalue weighted by atomic mass is 15.2. The van der Waals surface area contributed by atoms with E-state index in [2.05, 4.69) is 72.3 Å². The Labute approximate surface area is 133 Å². The zero-order valence-corrected chi connectivity index (χ0v) is 13.5. The van der Waals surface area contributed by atoms with Gasteiger partial charge in [-0.15, -0.1) is 0 Å². The Hall–Kier alpha value is -2.29. The first-order chi connectivity index (χ1) is 10.7. The second-order valence-corrected chi connectivity index (χ2v) is 5.23. The van der Waals surface area contributed by atoms with Crippen molar-refractivity contribution in [1.82, 2.24) is 4.90 Å². The lowest BCUT2D eigenvalue weighted by Gasteiger charge is -2.19. The first kappa shape index (κ1) is 16.1. The summed E-state index contributed by atoms with van der Waals surface area (Å²) >= 11 is 0. The molecular weight excluding hydrogens is 270 g/mol. The first-order valence-corrected chi connectivity index (χ1v) is 7.93. The molecule has 0 saturated carbocycles. The minimum Gasteiger partial charge on any atom is -0.370 e. The molecule has 2 rings (SSSR count). The van der Waals surface area contributed by atoms with Crippen LogP contribution in [0.5, 0.6) is 0 Å². The predicted molar refractivity (Wildman–Crippen MR) is 95.0 cm³/mol. The van der Waals surface area contributed by atoms with E-state index in [1.165, 1.54) is 16.7 Å². The van der Waals surface area contributed by atoms with Crippen molar-refractivity contribution in [3.05, 3.63) is 60.2 Å². The third kappa shape index (κ3) is 4.35. The van der Waals surface area contributed by atoms with Crippen LogP contribution in [0.2, 0.25) is 0 Å². The van der Waals surface area contributed by atoms with Crippen LogP contribution in [0.4, 0.5) is 0 Å². The number of nitrogens with two attached hydrogens (primary N) is 1. The highest BCUT2D eigenvalue weighted by Crippen LogP contribution is 2.19. The maximum absolute atomic E-state index is 5.98. The van der Waals surface area contributed by atoms with Gasteiger partial charge in [0, 0.05) is 19.6 Å². The van der Waals surface area contributed by atoms with E-state index in [9.17, 15) is 0 Å². The molecule has 0 radical (unpaired) electrons. The van der Waals surface area contributed by atoms with Gasteiger partial charge in [-0.2, -0.15) is 0 Å². The van der Waals surface area contributed by atoms with Gasteiger partial charge in [-0.3, -0.25) is 4.99 Å². The lowest BCUT2D eigenvalue weighted by atomic mass is 10.0. The third-order valence-corrected chi connectivity index (χ3v) is 3.82. The van der Waals surface area contributed by atoms with Crippen molar-refractivity contribution in [2.24, 2.45) is 10.7 Å². The van der Waals surface area contributed by atoms with Crippen molar-refractivity contribution < 1.29 is 0 Å². The number of rotatable bonds is 6. The highest BCUT2D eigenvalue weighted by molar-refractivity contribution is 5.78. The van der Waals surface area contributed by atoms with Gasteiger partial charge in [-0.25, -0.2) is 0 Å². The third-order valence-electron chi connectivity index (χ3n) is 3.82. The van der Waals surface area contributed by atoms with Gasteiger partial charge in [0.2, 0.25) is 0 Å². The molecule has 0 aromatic heterocycles. The molecule has 2 aromatic rings. The number of guanidine groups is 1. The molecular formula is C19H25N3. The van der Waals surface area contributed by atoms with Crippen LogP contribution in [-0.4, -0.2) is 30.5 Å². The SMILES string of the molecule is CCN(CC)C(N)=NCCc1ccc(-c2ccccc2)cc1. The number of aliphatic imine (C=N–C) groups is 1. The van der Waals surface area contributed by atoms with Crippen molar-refractivity contribution >= 4 is 5.96 Å². The van der Waals surface area contributed by atoms with E-state index in [1.807, 2.05) is 6.07 Å². The van der Waals surface area contributed by atoms with Gasteiger partial charge in [-0.1, -0.05) is 54.6 Å². The Morgan fingerprint density at radius 3 is 2.09 bits per heavy atom. The Morgan fingerprint density at radius 1 is 0.909 bits per heavy atom. The van der Waals surface area contributed by atoms with Crippen LogP contribution in [0.25, 0.3) is 11.1 Å². The molecule has 0 amide bonds. The van der Waals surface area contributed by atoms with E-state index in [1.54, 1.807) is 0 Å². The Bertz CT molecular complexity index is 584. The fraction of sp³-hybridized carbons (Fsp3) is 0.316. The monoisotopic (exact) mass is 295 g/mol. The van der Waals surface area contributed by atoms with E-state index in [-0.39, 0.29) is 0 Å². The molecule has 3 nitrogen and oxygen atoms in total. The van der Waals surface area contributed by atoms with Crippen LogP contribution in [0.3, 0.4) is 0 Å². The van der Waals surface area contributed by atoms with Crippen molar-refractivity contribution in [3.63, 3.8) is 0 Å².